The third kappa shape index (κ3) is 5.73. The molecule has 21 heavy (non-hydrogen) atoms. The summed E-state index contributed by atoms with van der Waals surface area (Å²) in [6.45, 7) is 2.07. The van der Waals surface area contributed by atoms with Gasteiger partial charge in [-0.2, -0.15) is 0 Å². The van der Waals surface area contributed by atoms with Crippen LogP contribution in [-0.4, -0.2) is 36.5 Å². The number of rotatable bonds is 5. The smallest absolute Gasteiger partial charge is 0.222 e. The predicted octanol–water partition coefficient (Wildman–Crippen LogP) is 2.87. The third-order valence-electron chi connectivity index (χ3n) is 3.52. The van der Waals surface area contributed by atoms with E-state index in [1.54, 1.807) is 6.07 Å². The highest BCUT2D eigenvalue weighted by Gasteiger charge is 2.19. The summed E-state index contributed by atoms with van der Waals surface area (Å²) in [6, 6.07) is 7.61. The number of carbonyl (C=O) groups excluding carboxylic acids is 1. The Hall–Kier alpha value is -0.970. The van der Waals surface area contributed by atoms with Gasteiger partial charge < -0.3 is 15.4 Å². The van der Waals surface area contributed by atoms with Gasteiger partial charge in [0.1, 0.15) is 5.75 Å². The zero-order chi connectivity index (χ0) is 14.4. The van der Waals surface area contributed by atoms with E-state index in [-0.39, 0.29) is 24.4 Å². The van der Waals surface area contributed by atoms with Crippen molar-refractivity contribution in [1.29, 1.82) is 0 Å². The summed E-state index contributed by atoms with van der Waals surface area (Å²) < 4.78 is 5.57. The van der Waals surface area contributed by atoms with Crippen LogP contribution in [0.5, 0.6) is 5.75 Å². The van der Waals surface area contributed by atoms with Crippen LogP contribution < -0.4 is 10.5 Å². The molecule has 1 fully saturated rings. The Kier molecular flexibility index (Phi) is 7.86. The minimum absolute atomic E-state index is 0. The van der Waals surface area contributed by atoms with Gasteiger partial charge in [0.25, 0.3) is 0 Å². The monoisotopic (exact) mass is 332 g/mol. The lowest BCUT2D eigenvalue weighted by Gasteiger charge is -2.30. The fourth-order valence-corrected chi connectivity index (χ4v) is 2.46. The van der Waals surface area contributed by atoms with Gasteiger partial charge in [-0.05, 0) is 31.4 Å². The Morgan fingerprint density at radius 1 is 1.33 bits per heavy atom. The lowest BCUT2D eigenvalue weighted by Crippen LogP contribution is -2.42. The van der Waals surface area contributed by atoms with E-state index in [0.29, 0.717) is 30.2 Å². The molecule has 2 N–H and O–H groups in total. The second kappa shape index (κ2) is 9.13. The van der Waals surface area contributed by atoms with Crippen LogP contribution in [0.1, 0.15) is 25.7 Å². The van der Waals surface area contributed by atoms with Gasteiger partial charge in [-0.15, -0.1) is 12.4 Å². The average molecular weight is 333 g/mol. The SMILES string of the molecule is Cl.NC1CCN(C(=O)CCCOc2ccccc2Cl)CC1. The number of para-hydroxylation sites is 1. The highest BCUT2D eigenvalue weighted by molar-refractivity contribution is 6.32. The standard InChI is InChI=1S/C15H21ClN2O2.ClH/c16-13-4-1-2-5-14(13)20-11-3-6-15(19)18-9-7-12(17)8-10-18;/h1-2,4-5,12H,3,6-11,17H2;1H. The number of likely N-dealkylation sites (tertiary alicyclic amines) is 1. The van der Waals surface area contributed by atoms with Crippen LogP contribution in [0.4, 0.5) is 0 Å². The summed E-state index contributed by atoms with van der Waals surface area (Å²) >= 11 is 5.99. The largest absolute Gasteiger partial charge is 0.492 e. The van der Waals surface area contributed by atoms with Gasteiger partial charge in [0.15, 0.2) is 0 Å². The number of benzene rings is 1. The average Bonchev–Trinajstić information content (AvgIpc) is 2.46. The highest BCUT2D eigenvalue weighted by atomic mass is 35.5. The number of nitrogens with zero attached hydrogens (tertiary/aromatic N) is 1. The fourth-order valence-electron chi connectivity index (χ4n) is 2.27. The van der Waals surface area contributed by atoms with Crippen molar-refractivity contribution in [1.82, 2.24) is 4.90 Å². The summed E-state index contributed by atoms with van der Waals surface area (Å²) in [7, 11) is 0. The molecule has 0 saturated carbocycles. The van der Waals surface area contributed by atoms with Crippen molar-refractivity contribution in [2.75, 3.05) is 19.7 Å². The number of carbonyl (C=O) groups is 1. The molecule has 0 aliphatic carbocycles. The number of halogens is 2. The van der Waals surface area contributed by atoms with E-state index in [2.05, 4.69) is 0 Å². The zero-order valence-corrected chi connectivity index (χ0v) is 13.5. The maximum atomic E-state index is 12.0. The van der Waals surface area contributed by atoms with Crippen molar-refractivity contribution in [3.05, 3.63) is 29.3 Å². The Balaban J connectivity index is 0.00000220. The third-order valence-corrected chi connectivity index (χ3v) is 3.83. The van der Waals surface area contributed by atoms with Crippen LogP contribution in [0.15, 0.2) is 24.3 Å². The highest BCUT2D eigenvalue weighted by Crippen LogP contribution is 2.23. The first-order valence-electron chi connectivity index (χ1n) is 7.07. The van der Waals surface area contributed by atoms with Crippen molar-refractivity contribution >= 4 is 29.9 Å². The molecule has 0 bridgehead atoms. The molecule has 0 radical (unpaired) electrons. The van der Waals surface area contributed by atoms with Crippen LogP contribution in [0.25, 0.3) is 0 Å². The van der Waals surface area contributed by atoms with Gasteiger partial charge in [-0.1, -0.05) is 23.7 Å². The summed E-state index contributed by atoms with van der Waals surface area (Å²) in [5.74, 6) is 0.866. The van der Waals surface area contributed by atoms with Gasteiger partial charge >= 0.3 is 0 Å². The van der Waals surface area contributed by atoms with E-state index in [4.69, 9.17) is 22.1 Å². The first-order chi connectivity index (χ1) is 9.66. The second-order valence-electron chi connectivity index (χ2n) is 5.10. The quantitative estimate of drug-likeness (QED) is 0.843. The second-order valence-corrected chi connectivity index (χ2v) is 5.51. The molecule has 2 rings (SSSR count). The lowest BCUT2D eigenvalue weighted by molar-refractivity contribution is -0.132. The number of hydrogen-bond acceptors (Lipinski definition) is 3. The molecular formula is C15H22Cl2N2O2. The van der Waals surface area contributed by atoms with Crippen molar-refractivity contribution < 1.29 is 9.53 Å². The van der Waals surface area contributed by atoms with Gasteiger partial charge in [-0.25, -0.2) is 0 Å². The summed E-state index contributed by atoms with van der Waals surface area (Å²) in [6.07, 6.45) is 3.02. The molecule has 4 nitrogen and oxygen atoms in total. The normalized spacial score (nSPS) is 15.4. The van der Waals surface area contributed by atoms with Crippen LogP contribution in [0.3, 0.4) is 0 Å². The molecule has 118 valence electrons. The summed E-state index contributed by atoms with van der Waals surface area (Å²) in [5, 5.41) is 0.601. The molecule has 1 saturated heterocycles. The van der Waals surface area contributed by atoms with E-state index in [1.165, 1.54) is 0 Å². The zero-order valence-electron chi connectivity index (χ0n) is 12.0. The minimum Gasteiger partial charge on any atom is -0.492 e. The van der Waals surface area contributed by atoms with Crippen LogP contribution >= 0.6 is 24.0 Å². The van der Waals surface area contributed by atoms with E-state index in [0.717, 1.165) is 25.9 Å². The van der Waals surface area contributed by atoms with Gasteiger partial charge in [0.2, 0.25) is 5.91 Å². The molecule has 6 heteroatoms. The van der Waals surface area contributed by atoms with Gasteiger partial charge in [-0.3, -0.25) is 4.79 Å². The first-order valence-corrected chi connectivity index (χ1v) is 7.45. The number of hydrogen-bond donors (Lipinski definition) is 1. The number of piperidine rings is 1. The van der Waals surface area contributed by atoms with Crippen LogP contribution in [0.2, 0.25) is 5.02 Å². The molecule has 1 heterocycles. The van der Waals surface area contributed by atoms with Crippen molar-refractivity contribution in [3.63, 3.8) is 0 Å². The van der Waals surface area contributed by atoms with E-state index in [9.17, 15) is 4.79 Å². The molecule has 0 unspecified atom stereocenters. The maximum Gasteiger partial charge on any atom is 0.222 e. The topological polar surface area (TPSA) is 55.6 Å². The van der Waals surface area contributed by atoms with Crippen LogP contribution in [-0.2, 0) is 4.79 Å². The molecular weight excluding hydrogens is 311 g/mol. The Morgan fingerprint density at radius 3 is 2.67 bits per heavy atom. The predicted molar refractivity (Wildman–Crippen MR) is 87.2 cm³/mol. The molecule has 1 aromatic carbocycles. The number of ether oxygens (including phenoxy) is 1. The van der Waals surface area contributed by atoms with Crippen molar-refractivity contribution in [2.24, 2.45) is 5.73 Å². The Morgan fingerprint density at radius 2 is 2.00 bits per heavy atom. The van der Waals surface area contributed by atoms with Crippen LogP contribution in [0, 0.1) is 0 Å². The molecule has 1 amide bonds. The lowest BCUT2D eigenvalue weighted by atomic mass is 10.1. The van der Waals surface area contributed by atoms with E-state index < -0.39 is 0 Å². The summed E-state index contributed by atoms with van der Waals surface area (Å²) in [5.41, 5.74) is 5.83. The Labute approximate surface area is 137 Å². The summed E-state index contributed by atoms with van der Waals surface area (Å²) in [4.78, 5) is 13.9. The van der Waals surface area contributed by atoms with Crippen molar-refractivity contribution in [3.8, 4) is 5.75 Å². The molecule has 1 aliphatic rings. The van der Waals surface area contributed by atoms with Gasteiger partial charge in [0, 0.05) is 25.6 Å². The molecule has 1 aliphatic heterocycles. The van der Waals surface area contributed by atoms with E-state index in [1.807, 2.05) is 23.1 Å². The van der Waals surface area contributed by atoms with Crippen molar-refractivity contribution in [2.45, 2.75) is 31.7 Å². The first kappa shape index (κ1) is 18.1. The molecule has 1 aromatic rings. The molecule has 0 atom stereocenters. The Bertz CT molecular complexity index is 449. The minimum atomic E-state index is 0. The fraction of sp³-hybridized carbons (Fsp3) is 0.533. The van der Waals surface area contributed by atoms with E-state index >= 15 is 0 Å². The number of nitrogens with two attached hydrogens (primary N) is 1. The van der Waals surface area contributed by atoms with Gasteiger partial charge in [0.05, 0.1) is 11.6 Å². The number of amides is 1. The molecule has 0 spiro atoms. The molecule has 0 aromatic heterocycles. The maximum absolute atomic E-state index is 12.0.